The monoisotopic (exact) mass is 792 g/mol. The molecule has 0 saturated carbocycles. The van der Waals surface area contributed by atoms with E-state index in [1.807, 2.05) is 6.20 Å². The van der Waals surface area contributed by atoms with Crippen molar-refractivity contribution in [2.45, 2.75) is 13.8 Å². The number of pyridine rings is 1. The number of ketones is 1. The van der Waals surface area contributed by atoms with Gasteiger partial charge in [0.05, 0.1) is 5.76 Å². The van der Waals surface area contributed by atoms with E-state index in [2.05, 4.69) is 132 Å². The predicted molar refractivity (Wildman–Crippen MR) is 186 cm³/mol. The maximum Gasteiger partial charge on any atom is 0.155 e. The minimum absolute atomic E-state index is 0. The normalized spacial score (nSPS) is 13.3. The largest absolute Gasteiger partial charge is 0.512 e. The van der Waals surface area contributed by atoms with E-state index < -0.39 is 8.07 Å². The van der Waals surface area contributed by atoms with E-state index in [9.17, 15) is 4.79 Å². The first-order chi connectivity index (χ1) is 22.0. The molecule has 226 valence electrons. The Morgan fingerprint density at radius 1 is 0.739 bits per heavy atom. The van der Waals surface area contributed by atoms with Crippen LogP contribution in [0.25, 0.3) is 49.9 Å². The summed E-state index contributed by atoms with van der Waals surface area (Å²) in [7, 11) is -2.54. The molecule has 0 bridgehead atoms. The molecule has 9 rings (SSSR count). The number of rotatable bonds is 2. The Morgan fingerprint density at radius 2 is 1.28 bits per heavy atom. The molecule has 0 amide bonds. The summed E-state index contributed by atoms with van der Waals surface area (Å²) in [6.07, 6.45) is 3.09. The van der Waals surface area contributed by atoms with Gasteiger partial charge in [-0.1, -0.05) is 96.2 Å². The van der Waals surface area contributed by atoms with Crippen LogP contribution in [-0.2, 0) is 25.9 Å². The molecule has 0 fully saturated rings. The van der Waals surface area contributed by atoms with E-state index in [0.29, 0.717) is 0 Å². The summed E-state index contributed by atoms with van der Waals surface area (Å²) < 4.78 is 2.41. The van der Waals surface area contributed by atoms with Crippen molar-refractivity contribution < 1.29 is 31.0 Å². The molecule has 2 aromatic heterocycles. The minimum Gasteiger partial charge on any atom is -0.512 e. The molecular weight excluding hydrogens is 764 g/mol. The molecule has 0 saturated heterocycles. The van der Waals surface area contributed by atoms with Crippen LogP contribution in [0, 0.1) is 6.07 Å². The second kappa shape index (κ2) is 11.5. The molecule has 0 radical (unpaired) electrons. The Balaban J connectivity index is 0.000000384. The average Bonchev–Trinajstić information content (AvgIpc) is 3.66. The van der Waals surface area contributed by atoms with Gasteiger partial charge in [-0.3, -0.25) is 4.79 Å². The zero-order chi connectivity index (χ0) is 30.7. The third-order valence-electron chi connectivity index (χ3n) is 8.98. The van der Waals surface area contributed by atoms with Crippen molar-refractivity contribution in [3.05, 3.63) is 145 Å². The third kappa shape index (κ3) is 4.30. The number of fused-ring (bicyclic) bond motifs is 13. The molecule has 4 heterocycles. The van der Waals surface area contributed by atoms with Crippen LogP contribution >= 0.6 is 0 Å². The van der Waals surface area contributed by atoms with E-state index >= 15 is 0 Å². The Labute approximate surface area is 283 Å². The first-order valence-electron chi connectivity index (χ1n) is 15.1. The summed E-state index contributed by atoms with van der Waals surface area (Å²) >= 11 is 0. The summed E-state index contributed by atoms with van der Waals surface area (Å²) in [5.74, 6) is -0.0625. The van der Waals surface area contributed by atoms with Gasteiger partial charge in [0.25, 0.3) is 0 Å². The molecule has 1 spiro atoms. The van der Waals surface area contributed by atoms with E-state index in [4.69, 9.17) is 10.1 Å². The van der Waals surface area contributed by atoms with Crippen LogP contribution in [0.5, 0.6) is 0 Å². The van der Waals surface area contributed by atoms with Crippen LogP contribution in [-0.4, -0.2) is 28.5 Å². The van der Waals surface area contributed by atoms with Crippen molar-refractivity contribution in [1.29, 1.82) is 0 Å². The minimum atomic E-state index is -2.54. The van der Waals surface area contributed by atoms with Gasteiger partial charge in [0.2, 0.25) is 0 Å². The van der Waals surface area contributed by atoms with Gasteiger partial charge in [0, 0.05) is 55.1 Å². The van der Waals surface area contributed by atoms with E-state index in [1.54, 1.807) is 0 Å². The van der Waals surface area contributed by atoms with Gasteiger partial charge in [0.15, 0.2) is 5.78 Å². The van der Waals surface area contributed by atoms with Crippen LogP contribution in [0.1, 0.15) is 13.8 Å². The molecule has 4 nitrogen and oxygen atoms in total. The summed E-state index contributed by atoms with van der Waals surface area (Å²) in [5.41, 5.74) is 8.57. The molecule has 5 aromatic carbocycles. The van der Waals surface area contributed by atoms with Crippen LogP contribution in [0.3, 0.4) is 0 Å². The average molecular weight is 793 g/mol. The number of hydrogen-bond donors (Lipinski definition) is 1. The van der Waals surface area contributed by atoms with Crippen molar-refractivity contribution in [1.82, 2.24) is 9.55 Å². The molecule has 46 heavy (non-hydrogen) atoms. The fourth-order valence-corrected chi connectivity index (χ4v) is 13.0. The van der Waals surface area contributed by atoms with Crippen molar-refractivity contribution in [3.63, 3.8) is 0 Å². The number of carbonyl (C=O) groups is 1. The second-order valence-electron chi connectivity index (χ2n) is 11.7. The maximum absolute atomic E-state index is 10.0. The number of aromatic nitrogens is 2. The molecular formula is C40H29N2O2PtSi-. The molecule has 2 aliphatic heterocycles. The molecule has 0 atom stereocenters. The Hall–Kier alpha value is -4.83. The summed E-state index contributed by atoms with van der Waals surface area (Å²) in [4.78, 5) is 15.0. The number of aliphatic hydroxyl groups excluding tert-OH is 1. The first-order valence-corrected chi connectivity index (χ1v) is 17.1. The van der Waals surface area contributed by atoms with Crippen LogP contribution in [0.15, 0.2) is 139 Å². The quantitative estimate of drug-likeness (QED) is 0.0962. The standard InChI is InChI=1S/C35H21N2Si.C5H8O2.Pt/c1-5-14-29-24(10-1)25-11-2-6-15-30(25)37(29)23-19-20-28-34(22-23)38(33-18-9-21-36-35(28)33)31-16-7-3-12-26(31)27-13-4-8-17-32(27)38;1-4(6)3-5(2)7;/h1-19,21-22H;3,6H,1-2H3;/q-1;;/b;4-3-;. The van der Waals surface area contributed by atoms with E-state index in [-0.39, 0.29) is 32.6 Å². The van der Waals surface area contributed by atoms with Gasteiger partial charge in [-0.05, 0) is 64.9 Å². The first kappa shape index (κ1) is 29.9. The van der Waals surface area contributed by atoms with Crippen molar-refractivity contribution in [2.75, 3.05) is 0 Å². The zero-order valence-electron chi connectivity index (χ0n) is 25.3. The van der Waals surface area contributed by atoms with Gasteiger partial charge < -0.3 is 14.7 Å². The molecule has 0 unspecified atom stereocenters. The van der Waals surface area contributed by atoms with Gasteiger partial charge in [-0.25, -0.2) is 0 Å². The molecule has 6 heteroatoms. The van der Waals surface area contributed by atoms with E-state index in [1.165, 1.54) is 73.6 Å². The third-order valence-corrected chi connectivity index (χ3v) is 13.9. The van der Waals surface area contributed by atoms with Gasteiger partial charge in [-0.15, -0.1) is 28.9 Å². The van der Waals surface area contributed by atoms with Crippen molar-refractivity contribution in [3.8, 4) is 28.1 Å². The van der Waals surface area contributed by atoms with Gasteiger partial charge >= 0.3 is 0 Å². The number of nitrogens with zero attached hydrogens (tertiary/aromatic N) is 2. The smallest absolute Gasteiger partial charge is 0.155 e. The van der Waals surface area contributed by atoms with Crippen molar-refractivity contribution >= 4 is 56.4 Å². The number of allylic oxidation sites excluding steroid dienone is 2. The number of aliphatic hydroxyl groups is 1. The maximum atomic E-state index is 10.0. The molecule has 7 aromatic rings. The molecule has 2 aliphatic rings. The Morgan fingerprint density at radius 3 is 1.85 bits per heavy atom. The van der Waals surface area contributed by atoms with Gasteiger partial charge in [0.1, 0.15) is 8.07 Å². The SMILES string of the molecule is CC(=O)/C=C(/C)O.[Pt].[c-]1cc(-n2c3ccccc3c3ccccc32)cc2c1-c1ncccc1[Si]21c2ccccc2-c2ccccc21. The van der Waals surface area contributed by atoms with E-state index in [0.717, 1.165) is 16.9 Å². The summed E-state index contributed by atoms with van der Waals surface area (Å²) in [6, 6.07) is 48.3. The number of benzene rings is 5. The molecule has 0 aliphatic carbocycles. The number of para-hydroxylation sites is 2. The van der Waals surface area contributed by atoms with Crippen LogP contribution < -0.4 is 20.7 Å². The zero-order valence-corrected chi connectivity index (χ0v) is 28.5. The van der Waals surface area contributed by atoms with Crippen molar-refractivity contribution in [2.24, 2.45) is 0 Å². The van der Waals surface area contributed by atoms with Crippen LogP contribution in [0.2, 0.25) is 0 Å². The number of hydrogen-bond acceptors (Lipinski definition) is 3. The fraction of sp³-hybridized carbons (Fsp3) is 0.0500. The molecule has 1 N–H and O–H groups in total. The number of carbonyl (C=O) groups excluding carboxylic acids is 1. The summed E-state index contributed by atoms with van der Waals surface area (Å²) in [6.45, 7) is 2.85. The second-order valence-corrected chi connectivity index (χ2v) is 15.3. The Kier molecular flexibility index (Phi) is 7.47. The Bertz CT molecular complexity index is 2240. The fourth-order valence-electron chi connectivity index (χ4n) is 7.47. The summed E-state index contributed by atoms with van der Waals surface area (Å²) in [5, 5.41) is 16.6. The van der Waals surface area contributed by atoms with Crippen LogP contribution in [0.4, 0.5) is 0 Å². The predicted octanol–water partition coefficient (Wildman–Crippen LogP) is 6.35. The van der Waals surface area contributed by atoms with Gasteiger partial charge in [-0.2, -0.15) is 0 Å². The topological polar surface area (TPSA) is 55.1 Å².